The third-order valence-corrected chi connectivity index (χ3v) is 10.5. The van der Waals surface area contributed by atoms with Crippen molar-refractivity contribution < 1.29 is 27.2 Å². The number of amides is 3. The molecule has 0 radical (unpaired) electrons. The van der Waals surface area contributed by atoms with Crippen LogP contribution in [0.3, 0.4) is 0 Å². The van der Waals surface area contributed by atoms with Gasteiger partial charge in [0.1, 0.15) is 11.6 Å². The molecule has 0 unspecified atom stereocenters. The number of hydrogen-bond acceptors (Lipinski definition) is 7. The predicted molar refractivity (Wildman–Crippen MR) is 182 cm³/mol. The lowest BCUT2D eigenvalue weighted by atomic mass is 9.86. The monoisotopic (exact) mass is 689 g/mol. The first-order chi connectivity index (χ1) is 23.0. The van der Waals surface area contributed by atoms with E-state index in [0.717, 1.165) is 49.3 Å². The van der Waals surface area contributed by atoms with Gasteiger partial charge in [0.2, 0.25) is 11.8 Å². The minimum atomic E-state index is -3.56. The molecule has 1 aromatic heterocycles. The highest BCUT2D eigenvalue weighted by molar-refractivity contribution is 7.90. The Bertz CT molecular complexity index is 2040. The number of carbonyl (C=O) groups excluding carboxylic acids is 3. The largest absolute Gasteiger partial charge is 0.451 e. The Labute approximate surface area is 283 Å². The second-order valence-electron chi connectivity index (χ2n) is 12.5. The first-order valence-electron chi connectivity index (χ1n) is 15.9. The van der Waals surface area contributed by atoms with Crippen molar-refractivity contribution in [1.82, 2.24) is 15.1 Å². The molecule has 3 aromatic carbocycles. The van der Waals surface area contributed by atoms with Crippen molar-refractivity contribution in [2.75, 3.05) is 25.9 Å². The minimum absolute atomic E-state index is 0.0275. The smallest absolute Gasteiger partial charge is 0.287 e. The van der Waals surface area contributed by atoms with Crippen LogP contribution >= 0.6 is 11.6 Å². The normalized spacial score (nSPS) is 16.3. The summed E-state index contributed by atoms with van der Waals surface area (Å²) < 4.78 is 29.7. The summed E-state index contributed by atoms with van der Waals surface area (Å²) in [5, 5.41) is 3.36. The summed E-state index contributed by atoms with van der Waals surface area (Å²) in [6, 6.07) is 19.1. The Hall–Kier alpha value is -4.48. The number of benzene rings is 3. The summed E-state index contributed by atoms with van der Waals surface area (Å²) in [7, 11) is -3.56. The van der Waals surface area contributed by atoms with E-state index in [1.165, 1.54) is 23.8 Å². The van der Waals surface area contributed by atoms with Gasteiger partial charge in [0.05, 0.1) is 10.3 Å². The second kappa shape index (κ2) is 13.9. The maximum absolute atomic E-state index is 14.0. The number of piperidine rings is 1. The highest BCUT2D eigenvalue weighted by Crippen LogP contribution is 2.32. The van der Waals surface area contributed by atoms with Gasteiger partial charge in [-0.25, -0.2) is 8.42 Å². The maximum atomic E-state index is 14.0. The van der Waals surface area contributed by atoms with E-state index in [1.807, 2.05) is 17.0 Å². The van der Waals surface area contributed by atoms with Crippen molar-refractivity contribution in [2.24, 2.45) is 0 Å². The van der Waals surface area contributed by atoms with Gasteiger partial charge in [0.25, 0.3) is 5.91 Å². The maximum Gasteiger partial charge on any atom is 0.287 e. The van der Waals surface area contributed by atoms with E-state index >= 15 is 0 Å². The van der Waals surface area contributed by atoms with Crippen molar-refractivity contribution in [3.63, 3.8) is 0 Å². The summed E-state index contributed by atoms with van der Waals surface area (Å²) in [5.41, 5.74) is 2.59. The molecule has 10 nitrogen and oxygen atoms in total. The van der Waals surface area contributed by atoms with Crippen LogP contribution in [0.4, 0.5) is 0 Å². The summed E-state index contributed by atoms with van der Waals surface area (Å²) in [6.45, 7) is 2.34. The molecule has 250 valence electrons. The average molecular weight is 690 g/mol. The zero-order valence-electron chi connectivity index (χ0n) is 26.5. The molecule has 0 bridgehead atoms. The van der Waals surface area contributed by atoms with E-state index in [-0.39, 0.29) is 45.8 Å². The van der Waals surface area contributed by atoms with Crippen molar-refractivity contribution in [3.05, 3.63) is 110 Å². The van der Waals surface area contributed by atoms with Crippen molar-refractivity contribution in [2.45, 2.75) is 55.5 Å². The Balaban J connectivity index is 1.19. The Morgan fingerprint density at radius 2 is 1.71 bits per heavy atom. The number of halogens is 1. The van der Waals surface area contributed by atoms with Crippen LogP contribution in [0.2, 0.25) is 5.02 Å². The van der Waals surface area contributed by atoms with Crippen LogP contribution in [0, 0.1) is 0 Å². The molecule has 1 atom stereocenters. The highest BCUT2D eigenvalue weighted by Gasteiger charge is 2.32. The topological polar surface area (TPSA) is 134 Å². The number of carbonyl (C=O) groups is 3. The fourth-order valence-electron chi connectivity index (χ4n) is 6.55. The van der Waals surface area contributed by atoms with Crippen LogP contribution < -0.4 is 10.7 Å². The third-order valence-electron chi connectivity index (χ3n) is 9.14. The number of rotatable bonds is 9. The molecule has 2 saturated heterocycles. The number of likely N-dealkylation sites (tertiary alicyclic amines) is 2. The van der Waals surface area contributed by atoms with E-state index in [0.29, 0.717) is 31.1 Å². The van der Waals surface area contributed by atoms with Crippen molar-refractivity contribution in [3.8, 4) is 0 Å². The van der Waals surface area contributed by atoms with Gasteiger partial charge in [-0.2, -0.15) is 0 Å². The van der Waals surface area contributed by atoms with Gasteiger partial charge in [-0.3, -0.25) is 19.2 Å². The number of hydrogen-bond donors (Lipinski definition) is 1. The van der Waals surface area contributed by atoms with Crippen LogP contribution in [0.25, 0.3) is 11.0 Å². The minimum Gasteiger partial charge on any atom is -0.451 e. The number of sulfone groups is 1. The summed E-state index contributed by atoms with van der Waals surface area (Å²) >= 11 is 6.08. The standard InChI is InChI=1S/C36H36ClN3O7S/c1-48(45,46)27-12-13-32-29(20-27)31(41)21-33(47-32)35(43)38-30(19-23-8-10-26(37)11-9-23)36(44)39-17-14-24(15-18-39)28-6-3-2-5-25(28)22-40-16-4-7-34(40)42/h2-3,5-6,8-13,20-21,24,30H,4,7,14-19,22H2,1H3,(H,38,43)/t30-/m1/s1. The Kier molecular flexibility index (Phi) is 9.70. The van der Waals surface area contributed by atoms with Gasteiger partial charge in [-0.15, -0.1) is 0 Å². The lowest BCUT2D eigenvalue weighted by Gasteiger charge is -2.35. The highest BCUT2D eigenvalue weighted by atomic mass is 35.5. The van der Waals surface area contributed by atoms with Crippen molar-refractivity contribution >= 4 is 50.1 Å². The molecule has 3 heterocycles. The van der Waals surface area contributed by atoms with E-state index in [4.69, 9.17) is 16.0 Å². The third kappa shape index (κ3) is 7.47. The van der Waals surface area contributed by atoms with Crippen LogP contribution in [0.5, 0.6) is 0 Å². The zero-order valence-corrected chi connectivity index (χ0v) is 28.1. The van der Waals surface area contributed by atoms with E-state index in [1.54, 1.807) is 29.2 Å². The molecule has 0 saturated carbocycles. The lowest BCUT2D eigenvalue weighted by Crippen LogP contribution is -2.51. The quantitative estimate of drug-likeness (QED) is 0.269. The van der Waals surface area contributed by atoms with Gasteiger partial charge in [-0.05, 0) is 72.2 Å². The molecule has 1 N–H and O–H groups in total. The van der Waals surface area contributed by atoms with E-state index < -0.39 is 27.2 Å². The van der Waals surface area contributed by atoms with Gasteiger partial charge in [-0.1, -0.05) is 48.0 Å². The van der Waals surface area contributed by atoms with Crippen LogP contribution in [0.1, 0.15) is 58.8 Å². The fraction of sp³-hybridized carbons (Fsp3) is 0.333. The zero-order chi connectivity index (χ0) is 34.0. The summed E-state index contributed by atoms with van der Waals surface area (Å²) in [5.74, 6) is -0.881. The summed E-state index contributed by atoms with van der Waals surface area (Å²) in [6.07, 6.45) is 4.16. The van der Waals surface area contributed by atoms with Crippen molar-refractivity contribution in [1.29, 1.82) is 0 Å². The molecule has 0 spiro atoms. The first kappa shape index (κ1) is 33.4. The molecule has 6 rings (SSSR count). The first-order valence-corrected chi connectivity index (χ1v) is 18.2. The molecule has 2 fully saturated rings. The van der Waals surface area contributed by atoms with Gasteiger partial charge in [0, 0.05) is 56.4 Å². The van der Waals surface area contributed by atoms with Gasteiger partial charge >= 0.3 is 0 Å². The number of nitrogens with zero attached hydrogens (tertiary/aromatic N) is 2. The van der Waals surface area contributed by atoms with Gasteiger partial charge in [0.15, 0.2) is 21.0 Å². The number of nitrogens with one attached hydrogen (secondary N) is 1. The fourth-order valence-corrected chi connectivity index (χ4v) is 7.32. The molecule has 12 heteroatoms. The van der Waals surface area contributed by atoms with Crippen LogP contribution in [-0.2, 0) is 32.4 Å². The number of fused-ring (bicyclic) bond motifs is 1. The molecule has 4 aromatic rings. The van der Waals surface area contributed by atoms with Crippen LogP contribution in [-0.4, -0.2) is 67.9 Å². The Morgan fingerprint density at radius 1 is 0.979 bits per heavy atom. The lowest BCUT2D eigenvalue weighted by molar-refractivity contribution is -0.134. The molecule has 0 aliphatic carbocycles. The van der Waals surface area contributed by atoms with Gasteiger partial charge < -0.3 is 19.5 Å². The molecular formula is C36H36ClN3O7S. The average Bonchev–Trinajstić information content (AvgIpc) is 3.48. The van der Waals surface area contributed by atoms with E-state index in [2.05, 4.69) is 17.4 Å². The van der Waals surface area contributed by atoms with Crippen LogP contribution in [0.15, 0.2) is 86.9 Å². The second-order valence-corrected chi connectivity index (χ2v) is 14.9. The molecule has 2 aliphatic rings. The molecule has 48 heavy (non-hydrogen) atoms. The van der Waals surface area contributed by atoms with E-state index in [9.17, 15) is 27.6 Å². The predicted octanol–water partition coefficient (Wildman–Crippen LogP) is 4.72. The summed E-state index contributed by atoms with van der Waals surface area (Å²) in [4.78, 5) is 56.3. The molecule has 3 amide bonds. The molecular weight excluding hydrogens is 654 g/mol. The Morgan fingerprint density at radius 3 is 2.40 bits per heavy atom. The molecule has 2 aliphatic heterocycles. The SMILES string of the molecule is CS(=O)(=O)c1ccc2oc(C(=O)N[C@H](Cc3ccc(Cl)cc3)C(=O)N3CCC(c4ccccc4CN4CCCC4=O)CC3)cc(=O)c2c1.